The number of carbonyl (C=O) groups excluding carboxylic acids is 1. The molecule has 4 aliphatic carbocycles. The number of aliphatic hydroxyl groups excluding tert-OH is 3. The number of hydrogen-bond donors (Lipinski definition) is 4. The minimum Gasteiger partial charge on any atom is -0.480 e. The van der Waals surface area contributed by atoms with Crippen LogP contribution in [0.5, 0.6) is 0 Å². The van der Waals surface area contributed by atoms with Gasteiger partial charge in [-0.2, -0.15) is 0 Å². The number of carbonyl (C=O) groups is 2. The predicted molar refractivity (Wildman–Crippen MR) is 135 cm³/mol. The van der Waals surface area contributed by atoms with E-state index in [1.165, 1.54) is 11.3 Å². The second-order valence-electron chi connectivity index (χ2n) is 13.8. The Morgan fingerprint density at radius 1 is 0.917 bits per heavy atom. The molecule has 1 heterocycles. The lowest BCUT2D eigenvalue weighted by Gasteiger charge is -2.62. The van der Waals surface area contributed by atoms with Gasteiger partial charge in [0.15, 0.2) is 0 Å². The molecule has 12 atom stereocenters. The number of hydrogen-bond acceptors (Lipinski definition) is 5. The van der Waals surface area contributed by atoms with Crippen molar-refractivity contribution in [3.05, 3.63) is 0 Å². The number of aliphatic hydroxyl groups is 3. The molecule has 1 aliphatic heterocycles. The summed E-state index contributed by atoms with van der Waals surface area (Å²) in [5, 5.41) is 41.1. The van der Waals surface area contributed by atoms with Gasteiger partial charge in [-0.15, -0.1) is 0 Å². The van der Waals surface area contributed by atoms with Crippen molar-refractivity contribution in [3.8, 4) is 0 Å². The standard InChI is InChI=1S/C29H47NO6/c1-16(4-7-25(34)30-15-19(32)14-23(30)27(35)36)20-5-6-21-26-22(9-11-29(20,21)3)28(2)10-8-18(31)12-17(28)13-24(26)33/h16-24,26,31-33H,4-15H2,1-3H3,(H,35,36)/t16-,17+,18-,19-,20-,21?,22?,23+,24+,26?,28+,29-/m1/s1. The number of rotatable bonds is 5. The third kappa shape index (κ3) is 4.21. The first-order chi connectivity index (χ1) is 17.0. The fourth-order valence-electron chi connectivity index (χ4n) is 10.2. The fraction of sp³-hybridized carbons (Fsp3) is 0.931. The maximum atomic E-state index is 12.9. The van der Waals surface area contributed by atoms with Crippen molar-refractivity contribution in [2.45, 2.75) is 116 Å². The quantitative estimate of drug-likeness (QED) is 0.455. The number of likely N-dealkylation sites (tertiary alicyclic amines) is 1. The Labute approximate surface area is 215 Å². The Hall–Kier alpha value is -1.18. The van der Waals surface area contributed by atoms with E-state index >= 15 is 0 Å². The number of aliphatic carboxylic acids is 1. The van der Waals surface area contributed by atoms with Crippen LogP contribution in [0, 0.1) is 46.3 Å². The molecule has 0 radical (unpaired) electrons. The molecule has 0 aromatic heterocycles. The molecule has 0 aromatic carbocycles. The van der Waals surface area contributed by atoms with Crippen LogP contribution in [-0.4, -0.2) is 68.1 Å². The number of β-amino-alcohol motifs (C(OH)–C–C–N with tert-alkyl or cyclic N) is 1. The van der Waals surface area contributed by atoms with E-state index in [1.807, 2.05) is 0 Å². The lowest BCUT2D eigenvalue weighted by atomic mass is 9.43. The SMILES string of the molecule is C[C@H](CCC(=O)N1C[C@H](O)C[C@H]1C(=O)O)[C@H]1CCC2C3C(CC[C@@]21C)[C@@]1(C)CC[C@@H](O)C[C@H]1C[C@@H]3O. The van der Waals surface area contributed by atoms with Crippen molar-refractivity contribution in [2.75, 3.05) is 6.54 Å². The topological polar surface area (TPSA) is 118 Å². The average molecular weight is 506 g/mol. The molecule has 4 N–H and O–H groups in total. The highest BCUT2D eigenvalue weighted by molar-refractivity contribution is 5.84. The summed E-state index contributed by atoms with van der Waals surface area (Å²) in [5.41, 5.74) is 0.386. The second kappa shape index (κ2) is 9.53. The van der Waals surface area contributed by atoms with Crippen LogP contribution in [0.3, 0.4) is 0 Å². The Morgan fingerprint density at radius 2 is 1.61 bits per heavy atom. The molecule has 0 aromatic rings. The van der Waals surface area contributed by atoms with Gasteiger partial charge in [0.05, 0.1) is 18.3 Å². The summed E-state index contributed by atoms with van der Waals surface area (Å²) < 4.78 is 0. The van der Waals surface area contributed by atoms with Gasteiger partial charge in [-0.05, 0) is 104 Å². The molecule has 5 aliphatic rings. The number of fused-ring (bicyclic) bond motifs is 5. The maximum Gasteiger partial charge on any atom is 0.326 e. The zero-order chi connectivity index (χ0) is 26.0. The van der Waals surface area contributed by atoms with Crippen LogP contribution in [0.25, 0.3) is 0 Å². The lowest BCUT2D eigenvalue weighted by Crippen LogP contribution is -2.58. The number of carboxylic acids is 1. The summed E-state index contributed by atoms with van der Waals surface area (Å²) in [6.07, 6.45) is 8.12. The van der Waals surface area contributed by atoms with Crippen molar-refractivity contribution in [1.29, 1.82) is 0 Å². The van der Waals surface area contributed by atoms with Gasteiger partial charge in [0.2, 0.25) is 5.91 Å². The molecule has 7 heteroatoms. The number of nitrogens with zero attached hydrogens (tertiary/aromatic N) is 1. The molecule has 3 unspecified atom stereocenters. The van der Waals surface area contributed by atoms with E-state index in [1.54, 1.807) is 0 Å². The van der Waals surface area contributed by atoms with Gasteiger partial charge >= 0.3 is 5.97 Å². The molecule has 204 valence electrons. The van der Waals surface area contributed by atoms with Gasteiger partial charge in [-0.3, -0.25) is 4.79 Å². The van der Waals surface area contributed by atoms with Gasteiger partial charge in [-0.1, -0.05) is 20.8 Å². The molecular formula is C29H47NO6. The third-order valence-corrected chi connectivity index (χ3v) is 12.1. The first kappa shape index (κ1) is 26.4. The largest absolute Gasteiger partial charge is 0.480 e. The Balaban J connectivity index is 1.25. The highest BCUT2D eigenvalue weighted by atomic mass is 16.4. The normalized spacial score (nSPS) is 49.2. The molecule has 36 heavy (non-hydrogen) atoms. The van der Waals surface area contributed by atoms with E-state index < -0.39 is 18.1 Å². The molecule has 0 bridgehead atoms. The summed E-state index contributed by atoms with van der Waals surface area (Å²) in [6.45, 7) is 7.25. The van der Waals surface area contributed by atoms with Crippen molar-refractivity contribution in [2.24, 2.45) is 46.3 Å². The molecule has 1 saturated heterocycles. The molecule has 7 nitrogen and oxygen atoms in total. The second-order valence-corrected chi connectivity index (χ2v) is 13.8. The Morgan fingerprint density at radius 3 is 2.33 bits per heavy atom. The van der Waals surface area contributed by atoms with E-state index in [4.69, 9.17) is 0 Å². The third-order valence-electron chi connectivity index (χ3n) is 12.1. The molecule has 4 saturated carbocycles. The number of amides is 1. The zero-order valence-electron chi connectivity index (χ0n) is 22.3. The summed E-state index contributed by atoms with van der Waals surface area (Å²) in [7, 11) is 0. The molecule has 5 fully saturated rings. The van der Waals surface area contributed by atoms with E-state index in [-0.39, 0.29) is 41.9 Å². The summed E-state index contributed by atoms with van der Waals surface area (Å²) >= 11 is 0. The van der Waals surface area contributed by atoms with Gasteiger partial charge in [0.1, 0.15) is 6.04 Å². The summed E-state index contributed by atoms with van der Waals surface area (Å²) in [6, 6.07) is -0.912. The first-order valence-corrected chi connectivity index (χ1v) is 14.5. The monoisotopic (exact) mass is 505 g/mol. The average Bonchev–Trinajstić information content (AvgIpc) is 3.38. The van der Waals surface area contributed by atoms with Crippen LogP contribution in [0.4, 0.5) is 0 Å². The smallest absolute Gasteiger partial charge is 0.326 e. The van der Waals surface area contributed by atoms with Gasteiger partial charge in [0.25, 0.3) is 0 Å². The lowest BCUT2D eigenvalue weighted by molar-refractivity contribution is -0.174. The van der Waals surface area contributed by atoms with Crippen LogP contribution in [0.1, 0.15) is 91.4 Å². The van der Waals surface area contributed by atoms with E-state index in [0.29, 0.717) is 41.9 Å². The van der Waals surface area contributed by atoms with Gasteiger partial charge in [-0.25, -0.2) is 4.79 Å². The first-order valence-electron chi connectivity index (χ1n) is 14.5. The maximum absolute atomic E-state index is 12.9. The molecule has 1 amide bonds. The summed E-state index contributed by atoms with van der Waals surface area (Å²) in [4.78, 5) is 25.8. The highest BCUT2D eigenvalue weighted by Crippen LogP contribution is 2.68. The fourth-order valence-corrected chi connectivity index (χ4v) is 10.2. The van der Waals surface area contributed by atoms with Crippen molar-refractivity contribution in [3.63, 3.8) is 0 Å². The van der Waals surface area contributed by atoms with Crippen LogP contribution in [0.15, 0.2) is 0 Å². The Bertz CT molecular complexity index is 865. The van der Waals surface area contributed by atoms with Crippen LogP contribution >= 0.6 is 0 Å². The van der Waals surface area contributed by atoms with Crippen LogP contribution < -0.4 is 0 Å². The van der Waals surface area contributed by atoms with Crippen molar-refractivity contribution in [1.82, 2.24) is 4.90 Å². The Kier molecular flexibility index (Phi) is 7.00. The van der Waals surface area contributed by atoms with E-state index in [2.05, 4.69) is 20.8 Å². The summed E-state index contributed by atoms with van der Waals surface area (Å²) in [5.74, 6) is 1.45. The zero-order valence-corrected chi connectivity index (χ0v) is 22.3. The van der Waals surface area contributed by atoms with Gasteiger partial charge in [0, 0.05) is 19.4 Å². The van der Waals surface area contributed by atoms with E-state index in [9.17, 15) is 30.0 Å². The van der Waals surface area contributed by atoms with Crippen molar-refractivity contribution >= 4 is 11.9 Å². The number of carboxylic acid groups (broad SMARTS) is 1. The minimum atomic E-state index is -1.04. The predicted octanol–water partition coefficient (Wildman–Crippen LogP) is 3.44. The van der Waals surface area contributed by atoms with Crippen molar-refractivity contribution < 1.29 is 30.0 Å². The van der Waals surface area contributed by atoms with Crippen LogP contribution in [0.2, 0.25) is 0 Å². The minimum absolute atomic E-state index is 0.114. The van der Waals surface area contributed by atoms with E-state index in [0.717, 1.165) is 51.4 Å². The van der Waals surface area contributed by atoms with Gasteiger partial charge < -0.3 is 25.3 Å². The molecular weight excluding hydrogens is 458 g/mol. The molecule has 5 rings (SSSR count). The van der Waals surface area contributed by atoms with Crippen LogP contribution in [-0.2, 0) is 9.59 Å². The molecule has 0 spiro atoms. The highest BCUT2D eigenvalue weighted by Gasteiger charge is 2.62.